The molecular weight excluding hydrogens is 300 g/mol. The lowest BCUT2D eigenvalue weighted by molar-refractivity contribution is -0.149. The smallest absolute Gasteiger partial charge is 0.223 e. The Labute approximate surface area is 147 Å². The fourth-order valence-electron chi connectivity index (χ4n) is 4.48. The number of carbonyl (C=O) groups is 2. The zero-order valence-corrected chi connectivity index (χ0v) is 15.6. The number of nitrogens with zero attached hydrogens (tertiary/aromatic N) is 1. The van der Waals surface area contributed by atoms with Crippen molar-refractivity contribution in [1.82, 2.24) is 10.2 Å². The molecule has 1 aliphatic carbocycles. The molecule has 1 saturated carbocycles. The Balaban J connectivity index is 2.14. The Kier molecular flexibility index (Phi) is 6.88. The first-order valence-electron chi connectivity index (χ1n) is 9.72. The summed E-state index contributed by atoms with van der Waals surface area (Å²) in [5.74, 6) is 0.820. The Morgan fingerprint density at radius 1 is 1.33 bits per heavy atom. The maximum atomic E-state index is 12.8. The third-order valence-electron chi connectivity index (χ3n) is 5.91. The van der Waals surface area contributed by atoms with Gasteiger partial charge in [0, 0.05) is 30.5 Å². The number of piperidine rings is 1. The van der Waals surface area contributed by atoms with E-state index in [1.165, 1.54) is 12.8 Å². The van der Waals surface area contributed by atoms with E-state index in [1.807, 2.05) is 6.08 Å². The monoisotopic (exact) mass is 334 g/mol. The van der Waals surface area contributed by atoms with E-state index in [0.717, 1.165) is 32.1 Å². The molecule has 1 saturated heterocycles. The highest BCUT2D eigenvalue weighted by atomic mass is 16.2. The maximum Gasteiger partial charge on any atom is 0.223 e. The molecule has 2 amide bonds. The second-order valence-electron chi connectivity index (χ2n) is 7.65. The van der Waals surface area contributed by atoms with Crippen LogP contribution in [0.2, 0.25) is 0 Å². The fourth-order valence-corrected chi connectivity index (χ4v) is 4.48. The van der Waals surface area contributed by atoms with Gasteiger partial charge in [0.1, 0.15) is 0 Å². The molecule has 1 N–H and O–H groups in total. The third kappa shape index (κ3) is 4.20. The Morgan fingerprint density at radius 3 is 2.71 bits per heavy atom. The number of hydrogen-bond donors (Lipinski definition) is 1. The van der Waals surface area contributed by atoms with Crippen LogP contribution in [-0.4, -0.2) is 34.8 Å². The molecule has 5 atom stereocenters. The molecule has 136 valence electrons. The highest BCUT2D eigenvalue weighted by Crippen LogP contribution is 2.42. The van der Waals surface area contributed by atoms with Crippen molar-refractivity contribution in [3.63, 3.8) is 0 Å². The first-order chi connectivity index (χ1) is 11.5. The van der Waals surface area contributed by atoms with Crippen LogP contribution in [0.1, 0.15) is 72.1 Å². The van der Waals surface area contributed by atoms with Gasteiger partial charge in [0.05, 0.1) is 0 Å². The van der Waals surface area contributed by atoms with E-state index in [9.17, 15) is 9.59 Å². The normalized spacial score (nSPS) is 31.0. The summed E-state index contributed by atoms with van der Waals surface area (Å²) in [6.45, 7) is 9.99. The summed E-state index contributed by atoms with van der Waals surface area (Å²) in [6.07, 6.45) is 9.29. The van der Waals surface area contributed by atoms with Gasteiger partial charge in [-0.25, -0.2) is 0 Å². The second-order valence-corrected chi connectivity index (χ2v) is 7.65. The number of fused-ring (bicyclic) bond motifs is 1. The van der Waals surface area contributed by atoms with Crippen LogP contribution in [0, 0.1) is 11.8 Å². The zero-order valence-electron chi connectivity index (χ0n) is 15.6. The maximum absolute atomic E-state index is 12.8. The topological polar surface area (TPSA) is 49.4 Å². The van der Waals surface area contributed by atoms with Gasteiger partial charge in [-0.05, 0) is 51.9 Å². The molecule has 0 aromatic heterocycles. The lowest BCUT2D eigenvalue weighted by atomic mass is 9.69. The molecule has 24 heavy (non-hydrogen) atoms. The fraction of sp³-hybridized carbons (Fsp3) is 0.800. The van der Waals surface area contributed by atoms with Gasteiger partial charge >= 0.3 is 0 Å². The molecule has 0 unspecified atom stereocenters. The molecule has 0 aromatic carbocycles. The molecule has 0 aromatic rings. The molecule has 0 radical (unpaired) electrons. The van der Waals surface area contributed by atoms with Crippen molar-refractivity contribution < 1.29 is 9.59 Å². The third-order valence-corrected chi connectivity index (χ3v) is 5.91. The van der Waals surface area contributed by atoms with Crippen LogP contribution in [0.3, 0.4) is 0 Å². The molecule has 4 nitrogen and oxygen atoms in total. The number of amides is 2. The summed E-state index contributed by atoms with van der Waals surface area (Å²) in [6, 6.07) is 0.615. The number of likely N-dealkylation sites (tertiary alicyclic amines) is 1. The van der Waals surface area contributed by atoms with Gasteiger partial charge in [0.15, 0.2) is 0 Å². The number of rotatable bonds is 6. The molecule has 2 fully saturated rings. The molecule has 2 aliphatic rings. The van der Waals surface area contributed by atoms with Crippen LogP contribution in [-0.2, 0) is 9.59 Å². The predicted octanol–water partition coefficient (Wildman–Crippen LogP) is 3.66. The number of carbonyl (C=O) groups excluding carboxylic acids is 2. The molecular formula is C20H34N2O2. The van der Waals surface area contributed by atoms with E-state index in [2.05, 4.69) is 37.6 Å². The average Bonchev–Trinajstić information content (AvgIpc) is 2.58. The minimum Gasteiger partial charge on any atom is -0.353 e. The van der Waals surface area contributed by atoms with E-state index in [1.54, 1.807) is 0 Å². The van der Waals surface area contributed by atoms with Crippen molar-refractivity contribution in [3.05, 3.63) is 12.7 Å². The van der Waals surface area contributed by atoms with Gasteiger partial charge in [-0.2, -0.15) is 0 Å². The first kappa shape index (κ1) is 19.0. The lowest BCUT2D eigenvalue weighted by Gasteiger charge is -2.51. The minimum absolute atomic E-state index is 0.0581. The van der Waals surface area contributed by atoms with E-state index in [0.29, 0.717) is 12.3 Å². The molecule has 1 heterocycles. The van der Waals surface area contributed by atoms with Gasteiger partial charge in [-0.15, -0.1) is 6.58 Å². The molecule has 2 rings (SSSR count). The predicted molar refractivity (Wildman–Crippen MR) is 97.5 cm³/mol. The van der Waals surface area contributed by atoms with E-state index in [4.69, 9.17) is 0 Å². The van der Waals surface area contributed by atoms with Gasteiger partial charge in [0.2, 0.25) is 11.8 Å². The Hall–Kier alpha value is -1.32. The summed E-state index contributed by atoms with van der Waals surface area (Å²) < 4.78 is 0. The zero-order chi connectivity index (χ0) is 17.7. The van der Waals surface area contributed by atoms with Gasteiger partial charge < -0.3 is 10.2 Å². The van der Waals surface area contributed by atoms with Gasteiger partial charge in [-0.3, -0.25) is 9.59 Å². The first-order valence-corrected chi connectivity index (χ1v) is 9.72. The highest BCUT2D eigenvalue weighted by Gasteiger charge is 2.46. The van der Waals surface area contributed by atoms with E-state index in [-0.39, 0.29) is 35.9 Å². The summed E-state index contributed by atoms with van der Waals surface area (Å²) in [5.41, 5.74) is 0. The molecule has 1 aliphatic heterocycles. The van der Waals surface area contributed by atoms with Crippen molar-refractivity contribution in [1.29, 1.82) is 0 Å². The van der Waals surface area contributed by atoms with Gasteiger partial charge in [-0.1, -0.05) is 25.8 Å². The van der Waals surface area contributed by atoms with Crippen LogP contribution < -0.4 is 5.32 Å². The molecule has 0 spiro atoms. The van der Waals surface area contributed by atoms with Crippen molar-refractivity contribution in [2.45, 2.75) is 90.3 Å². The van der Waals surface area contributed by atoms with E-state index >= 15 is 0 Å². The standard InChI is InChI=1S/C20H34N2O2/c1-5-7-12-19(23)22-15(4)13-17(20(24)21-14(3)6-2)16-10-8-9-11-18(16)22/h5,14-18H,1,6-13H2,2-4H3,(H,21,24)/t14-,15-,16-,17+,18-/m1/s1. The summed E-state index contributed by atoms with van der Waals surface area (Å²) in [4.78, 5) is 27.6. The Morgan fingerprint density at radius 2 is 2.04 bits per heavy atom. The van der Waals surface area contributed by atoms with Crippen LogP contribution in [0.4, 0.5) is 0 Å². The van der Waals surface area contributed by atoms with E-state index < -0.39 is 0 Å². The summed E-state index contributed by atoms with van der Waals surface area (Å²) >= 11 is 0. The summed E-state index contributed by atoms with van der Waals surface area (Å²) in [7, 11) is 0. The van der Waals surface area contributed by atoms with Crippen LogP contribution in [0.25, 0.3) is 0 Å². The lowest BCUT2D eigenvalue weighted by Crippen LogP contribution is -2.59. The highest BCUT2D eigenvalue weighted by molar-refractivity contribution is 5.81. The summed E-state index contributed by atoms with van der Waals surface area (Å²) in [5, 5.41) is 3.18. The van der Waals surface area contributed by atoms with Crippen molar-refractivity contribution >= 4 is 11.8 Å². The number of hydrogen-bond acceptors (Lipinski definition) is 2. The number of allylic oxidation sites excluding steroid dienone is 1. The van der Waals surface area contributed by atoms with Crippen LogP contribution >= 0.6 is 0 Å². The molecule has 0 bridgehead atoms. The quantitative estimate of drug-likeness (QED) is 0.754. The van der Waals surface area contributed by atoms with Crippen LogP contribution in [0.15, 0.2) is 12.7 Å². The minimum atomic E-state index is 0.0581. The average molecular weight is 335 g/mol. The molecule has 4 heteroatoms. The van der Waals surface area contributed by atoms with Crippen molar-refractivity contribution in [3.8, 4) is 0 Å². The Bertz CT molecular complexity index is 463. The second kappa shape index (κ2) is 8.68. The number of nitrogens with one attached hydrogen (secondary N) is 1. The van der Waals surface area contributed by atoms with Gasteiger partial charge in [0.25, 0.3) is 0 Å². The SMILES string of the molecule is C=CCCC(=O)N1[C@H](C)C[C@H](C(=O)N[C@H](C)CC)[C@H]2CCCC[C@H]21. The van der Waals surface area contributed by atoms with Crippen molar-refractivity contribution in [2.24, 2.45) is 11.8 Å². The van der Waals surface area contributed by atoms with Crippen LogP contribution in [0.5, 0.6) is 0 Å². The van der Waals surface area contributed by atoms with Crippen molar-refractivity contribution in [2.75, 3.05) is 0 Å². The largest absolute Gasteiger partial charge is 0.353 e.